The first-order chi connectivity index (χ1) is 2.00. The Kier molecular flexibility index (Phi) is 12.0. The van der Waals surface area contributed by atoms with E-state index in [0.29, 0.717) is 0 Å². The Morgan fingerprint density at radius 3 is 1.14 bits per heavy atom. The quantitative estimate of drug-likeness (QED) is 0.161. The molecule has 7 heteroatoms. The van der Waals surface area contributed by atoms with Crippen molar-refractivity contribution >= 4 is 23.9 Å². The van der Waals surface area contributed by atoms with Crippen LogP contribution in [0.2, 0.25) is 0 Å². The van der Waals surface area contributed by atoms with Crippen LogP contribution in [0.4, 0.5) is 0 Å². The molecule has 40 valence electrons. The van der Waals surface area contributed by atoms with E-state index in [-0.39, 0.29) is 43.1 Å². The van der Waals surface area contributed by atoms with Crippen molar-refractivity contribution in [1.82, 2.24) is 0 Å². The largest absolute Gasteiger partial charge is 1.00 e. The van der Waals surface area contributed by atoms with E-state index in [0.717, 1.165) is 0 Å². The molecule has 0 radical (unpaired) electrons. The third kappa shape index (κ3) is 132. The molecule has 0 amide bonds. The van der Waals surface area contributed by atoms with Crippen molar-refractivity contribution in [3.63, 3.8) is 0 Å². The van der Waals surface area contributed by atoms with E-state index < -0.39 is 10.4 Å². The minimum absolute atomic E-state index is 0. The van der Waals surface area contributed by atoms with Crippen molar-refractivity contribution in [2.24, 2.45) is 0 Å². The van der Waals surface area contributed by atoms with Crippen LogP contribution in [0.15, 0.2) is 0 Å². The van der Waals surface area contributed by atoms with Gasteiger partial charge in [0.25, 0.3) is 0 Å². The molecule has 0 spiro atoms. The Hall–Kier alpha value is 1.22. The Bertz CT molecular complexity index is 92.9. The van der Waals surface area contributed by atoms with E-state index in [1.165, 1.54) is 0 Å². The van der Waals surface area contributed by atoms with Crippen LogP contribution in [0, 0.1) is 0 Å². The Labute approximate surface area is 70.6 Å². The van der Waals surface area contributed by atoms with Gasteiger partial charge < -0.3 is 13.5 Å². The Morgan fingerprint density at radius 1 is 1.14 bits per heavy atom. The van der Waals surface area contributed by atoms with Crippen molar-refractivity contribution in [3.05, 3.63) is 0 Å². The van der Waals surface area contributed by atoms with E-state index in [1.807, 2.05) is 0 Å². The predicted molar refractivity (Wildman–Crippen MR) is 22.9 cm³/mol. The van der Waals surface area contributed by atoms with E-state index in [1.54, 1.807) is 0 Å². The molecule has 0 bridgehead atoms. The van der Waals surface area contributed by atoms with Crippen LogP contribution >= 0.6 is 0 Å². The SMILES string of the molecule is O=S(=O)(O)O.[Na+].[SH-]. The summed E-state index contributed by atoms with van der Waals surface area (Å²) in [5.74, 6) is 0. The molecule has 0 saturated carbocycles. The van der Waals surface area contributed by atoms with Gasteiger partial charge in [0.15, 0.2) is 0 Å². The number of thiol groups is 1. The zero-order valence-corrected chi connectivity index (χ0v) is 7.28. The maximum Gasteiger partial charge on any atom is 1.00 e. The first-order valence-corrected chi connectivity index (χ1v) is 2.10. The topological polar surface area (TPSA) is 74.6 Å². The maximum atomic E-state index is 8.74. The van der Waals surface area contributed by atoms with Gasteiger partial charge >= 0.3 is 40.0 Å². The van der Waals surface area contributed by atoms with Gasteiger partial charge in [0, 0.05) is 0 Å². The third-order valence-corrected chi connectivity index (χ3v) is 0. The van der Waals surface area contributed by atoms with Gasteiger partial charge in [0.2, 0.25) is 0 Å². The molecule has 0 saturated heterocycles. The molecule has 0 heterocycles. The molecule has 0 aliphatic carbocycles. The second kappa shape index (κ2) is 5.36. The van der Waals surface area contributed by atoms with Gasteiger partial charge in [0.1, 0.15) is 0 Å². The Balaban J connectivity index is -0.0000000800. The summed E-state index contributed by atoms with van der Waals surface area (Å²) in [5, 5.41) is 0. The average molecular weight is 154 g/mol. The summed E-state index contributed by atoms with van der Waals surface area (Å²) in [4.78, 5) is 0. The third-order valence-electron chi connectivity index (χ3n) is 0. The summed E-state index contributed by atoms with van der Waals surface area (Å²) in [6, 6.07) is 0. The van der Waals surface area contributed by atoms with Crippen LogP contribution in [-0.4, -0.2) is 17.5 Å². The molecule has 4 nitrogen and oxygen atoms in total. The predicted octanol–water partition coefficient (Wildman–Crippen LogP) is -3.92. The molecular weight excluding hydrogens is 151 g/mol. The van der Waals surface area contributed by atoms with E-state index in [9.17, 15) is 0 Å². The number of hydrogen-bond acceptors (Lipinski definition) is 3. The summed E-state index contributed by atoms with van der Waals surface area (Å²) in [6.45, 7) is 0. The fraction of sp³-hybridized carbons (Fsp3) is 0. The van der Waals surface area contributed by atoms with Gasteiger partial charge in [-0.25, -0.2) is 0 Å². The minimum Gasteiger partial charge on any atom is -0.813 e. The van der Waals surface area contributed by atoms with Crippen LogP contribution in [-0.2, 0) is 23.9 Å². The van der Waals surface area contributed by atoms with Crippen LogP contribution in [0.1, 0.15) is 0 Å². The van der Waals surface area contributed by atoms with Gasteiger partial charge in [-0.1, -0.05) is 0 Å². The molecule has 0 rings (SSSR count). The van der Waals surface area contributed by atoms with Crippen molar-refractivity contribution in [3.8, 4) is 0 Å². The fourth-order valence-electron chi connectivity index (χ4n) is 0. The molecule has 2 N–H and O–H groups in total. The summed E-state index contributed by atoms with van der Waals surface area (Å²) >= 11 is 0. The van der Waals surface area contributed by atoms with Crippen LogP contribution in [0.25, 0.3) is 0 Å². The second-order valence-corrected chi connectivity index (χ2v) is 1.34. The summed E-state index contributed by atoms with van der Waals surface area (Å²) in [7, 11) is -4.67. The molecule has 0 fully saturated rings. The van der Waals surface area contributed by atoms with Crippen LogP contribution in [0.5, 0.6) is 0 Å². The smallest absolute Gasteiger partial charge is 0.813 e. The molecule has 0 aromatic carbocycles. The van der Waals surface area contributed by atoms with Gasteiger partial charge in [-0.05, 0) is 0 Å². The van der Waals surface area contributed by atoms with Crippen LogP contribution < -0.4 is 29.6 Å². The van der Waals surface area contributed by atoms with Crippen molar-refractivity contribution in [1.29, 1.82) is 0 Å². The van der Waals surface area contributed by atoms with E-state index in [4.69, 9.17) is 17.5 Å². The molecule has 0 atom stereocenters. The average Bonchev–Trinajstić information content (AvgIpc) is 0.722. The van der Waals surface area contributed by atoms with E-state index in [2.05, 4.69) is 0 Å². The van der Waals surface area contributed by atoms with Crippen molar-refractivity contribution in [2.75, 3.05) is 0 Å². The fourth-order valence-corrected chi connectivity index (χ4v) is 0. The van der Waals surface area contributed by atoms with E-state index >= 15 is 0 Å². The first kappa shape index (κ1) is 15.7. The molecule has 0 aromatic rings. The number of rotatable bonds is 0. The maximum absolute atomic E-state index is 8.74. The van der Waals surface area contributed by atoms with Crippen molar-refractivity contribution in [2.45, 2.75) is 0 Å². The van der Waals surface area contributed by atoms with Gasteiger partial charge in [-0.2, -0.15) is 8.42 Å². The standard InChI is InChI=1S/Na.H2O4S.H2S/c;1-5(2,3)4;/h;(H2,1,2,3,4);1H2/q+1;;/p-1. The minimum atomic E-state index is -4.67. The normalized spacial score (nSPS) is 8.29. The zero-order valence-electron chi connectivity index (χ0n) is 3.57. The summed E-state index contributed by atoms with van der Waals surface area (Å²) < 4.78 is 31.6. The molecule has 0 aromatic heterocycles. The zero-order chi connectivity index (χ0) is 4.50. The van der Waals surface area contributed by atoms with Gasteiger partial charge in [-0.3, -0.25) is 9.11 Å². The summed E-state index contributed by atoms with van der Waals surface area (Å²) in [6.07, 6.45) is 0. The van der Waals surface area contributed by atoms with Crippen LogP contribution in [0.3, 0.4) is 0 Å². The van der Waals surface area contributed by atoms with Crippen molar-refractivity contribution < 1.29 is 47.1 Å². The number of hydrogen-bond donors (Lipinski definition) is 2. The molecule has 7 heavy (non-hydrogen) atoms. The summed E-state index contributed by atoms with van der Waals surface area (Å²) in [5.41, 5.74) is 0. The molecule has 0 aliphatic rings. The first-order valence-electron chi connectivity index (χ1n) is 0.698. The second-order valence-electron chi connectivity index (χ2n) is 0.448. The monoisotopic (exact) mass is 154 g/mol. The molecule has 0 unspecified atom stereocenters. The Morgan fingerprint density at radius 2 is 1.14 bits per heavy atom. The van der Waals surface area contributed by atoms with Gasteiger partial charge in [0.05, 0.1) is 0 Å². The van der Waals surface area contributed by atoms with Gasteiger partial charge in [-0.15, -0.1) is 0 Å². The molecular formula is H3NaO4S2. The molecule has 0 aliphatic heterocycles.